The number of nitriles is 1. The average Bonchev–Trinajstić information content (AvgIpc) is 2.41. The van der Waals surface area contributed by atoms with Gasteiger partial charge >= 0.3 is 0 Å². The van der Waals surface area contributed by atoms with Gasteiger partial charge in [0.15, 0.2) is 0 Å². The lowest BCUT2D eigenvalue weighted by Crippen LogP contribution is -2.12. The Morgan fingerprint density at radius 2 is 2.31 bits per heavy atom. The summed E-state index contributed by atoms with van der Waals surface area (Å²) in [6.45, 7) is 5.91. The molecule has 0 radical (unpaired) electrons. The second kappa shape index (κ2) is 4.11. The highest BCUT2D eigenvalue weighted by atomic mass is 15.0. The lowest BCUT2D eigenvalue weighted by molar-refractivity contribution is 0.718. The van der Waals surface area contributed by atoms with E-state index in [1.54, 1.807) is 0 Å². The zero-order valence-electron chi connectivity index (χ0n) is 8.39. The third-order valence-corrected chi connectivity index (χ3v) is 2.32. The first kappa shape index (κ1) is 9.82. The van der Waals surface area contributed by atoms with E-state index in [-0.39, 0.29) is 0 Å². The Kier molecular flexibility index (Phi) is 3.10. The maximum Gasteiger partial charge on any atom is 0.120 e. The minimum absolute atomic E-state index is 0.727. The summed E-state index contributed by atoms with van der Waals surface area (Å²) < 4.78 is 1.92. The van der Waals surface area contributed by atoms with E-state index in [1.807, 2.05) is 24.6 Å². The molecule has 1 heterocycles. The van der Waals surface area contributed by atoms with Crippen LogP contribution in [0.25, 0.3) is 0 Å². The number of nitrogens with one attached hydrogen (secondary N) is 1. The Morgan fingerprint density at radius 1 is 1.62 bits per heavy atom. The standard InChI is InChI=1S/C10H15N3/c1-4-12-7-9-5-10(6-11)13(3)8(9)2/h5,12H,4,7H2,1-3H3. The molecule has 0 bridgehead atoms. The van der Waals surface area contributed by atoms with E-state index < -0.39 is 0 Å². The van der Waals surface area contributed by atoms with E-state index >= 15 is 0 Å². The van der Waals surface area contributed by atoms with E-state index in [0.717, 1.165) is 24.5 Å². The SMILES string of the molecule is CCNCc1cc(C#N)n(C)c1C. The molecule has 70 valence electrons. The Balaban J connectivity index is 2.91. The maximum absolute atomic E-state index is 8.79. The van der Waals surface area contributed by atoms with Crippen molar-refractivity contribution < 1.29 is 0 Å². The zero-order chi connectivity index (χ0) is 9.84. The number of hydrogen-bond donors (Lipinski definition) is 1. The summed E-state index contributed by atoms with van der Waals surface area (Å²) in [7, 11) is 1.92. The van der Waals surface area contributed by atoms with Crippen molar-refractivity contribution >= 4 is 0 Å². The summed E-state index contributed by atoms with van der Waals surface area (Å²) >= 11 is 0. The van der Waals surface area contributed by atoms with E-state index in [9.17, 15) is 0 Å². The van der Waals surface area contributed by atoms with Crippen LogP contribution in [0.15, 0.2) is 6.07 Å². The van der Waals surface area contributed by atoms with Crippen molar-refractivity contribution in [1.82, 2.24) is 9.88 Å². The molecule has 0 saturated carbocycles. The second-order valence-electron chi connectivity index (χ2n) is 3.09. The molecule has 0 spiro atoms. The molecule has 1 rings (SSSR count). The van der Waals surface area contributed by atoms with Gasteiger partial charge in [-0.1, -0.05) is 6.92 Å². The monoisotopic (exact) mass is 177 g/mol. The molecule has 3 nitrogen and oxygen atoms in total. The molecule has 0 unspecified atom stereocenters. The zero-order valence-corrected chi connectivity index (χ0v) is 8.39. The maximum atomic E-state index is 8.79. The minimum atomic E-state index is 0.727. The van der Waals surface area contributed by atoms with Gasteiger partial charge in [0.1, 0.15) is 11.8 Å². The molecule has 0 saturated heterocycles. The molecule has 0 aromatic carbocycles. The van der Waals surface area contributed by atoms with Crippen LogP contribution in [-0.2, 0) is 13.6 Å². The smallest absolute Gasteiger partial charge is 0.120 e. The van der Waals surface area contributed by atoms with Gasteiger partial charge in [-0.15, -0.1) is 0 Å². The molecule has 0 aliphatic rings. The Labute approximate surface area is 79.0 Å². The predicted octanol–water partition coefficient (Wildman–Crippen LogP) is 1.31. The molecule has 0 aliphatic heterocycles. The summed E-state index contributed by atoms with van der Waals surface area (Å²) in [5.41, 5.74) is 3.10. The van der Waals surface area contributed by atoms with E-state index in [0.29, 0.717) is 0 Å². The molecule has 0 fully saturated rings. The largest absolute Gasteiger partial charge is 0.340 e. The Hall–Kier alpha value is -1.27. The van der Waals surface area contributed by atoms with Gasteiger partial charge in [0.05, 0.1) is 0 Å². The van der Waals surface area contributed by atoms with Crippen LogP contribution in [0.3, 0.4) is 0 Å². The molecular formula is C10H15N3. The van der Waals surface area contributed by atoms with Crippen molar-refractivity contribution in [2.75, 3.05) is 6.54 Å². The summed E-state index contributed by atoms with van der Waals surface area (Å²) in [4.78, 5) is 0. The number of rotatable bonds is 3. The molecule has 0 atom stereocenters. The normalized spacial score (nSPS) is 10.0. The lowest BCUT2D eigenvalue weighted by Gasteiger charge is -2.01. The first-order valence-corrected chi connectivity index (χ1v) is 4.46. The highest BCUT2D eigenvalue weighted by Gasteiger charge is 2.06. The van der Waals surface area contributed by atoms with Gasteiger partial charge in [0.2, 0.25) is 0 Å². The molecule has 3 heteroatoms. The van der Waals surface area contributed by atoms with Crippen LogP contribution >= 0.6 is 0 Å². The third-order valence-electron chi connectivity index (χ3n) is 2.32. The van der Waals surface area contributed by atoms with Crippen LogP contribution in [0, 0.1) is 18.3 Å². The van der Waals surface area contributed by atoms with Gasteiger partial charge in [0, 0.05) is 19.3 Å². The van der Waals surface area contributed by atoms with Gasteiger partial charge in [-0.25, -0.2) is 0 Å². The first-order valence-electron chi connectivity index (χ1n) is 4.46. The molecule has 13 heavy (non-hydrogen) atoms. The second-order valence-corrected chi connectivity index (χ2v) is 3.09. The van der Waals surface area contributed by atoms with Gasteiger partial charge in [-0.3, -0.25) is 0 Å². The molecule has 1 aromatic heterocycles. The Morgan fingerprint density at radius 3 is 2.77 bits per heavy atom. The fraction of sp³-hybridized carbons (Fsp3) is 0.500. The van der Waals surface area contributed by atoms with Crippen molar-refractivity contribution in [1.29, 1.82) is 5.26 Å². The van der Waals surface area contributed by atoms with E-state index in [4.69, 9.17) is 5.26 Å². The first-order chi connectivity index (χ1) is 6.20. The van der Waals surface area contributed by atoms with Gasteiger partial charge in [-0.2, -0.15) is 5.26 Å². The highest BCUT2D eigenvalue weighted by Crippen LogP contribution is 2.12. The van der Waals surface area contributed by atoms with Crippen molar-refractivity contribution in [3.8, 4) is 6.07 Å². The van der Waals surface area contributed by atoms with E-state index in [1.165, 1.54) is 5.56 Å². The summed E-state index contributed by atoms with van der Waals surface area (Å²) in [6.07, 6.45) is 0. The third kappa shape index (κ3) is 1.90. The molecule has 1 aromatic rings. The summed E-state index contributed by atoms with van der Waals surface area (Å²) in [5.74, 6) is 0. The quantitative estimate of drug-likeness (QED) is 0.756. The average molecular weight is 177 g/mol. The molecule has 0 aliphatic carbocycles. The van der Waals surface area contributed by atoms with Crippen LogP contribution in [0.2, 0.25) is 0 Å². The van der Waals surface area contributed by atoms with Crippen LogP contribution < -0.4 is 5.32 Å². The van der Waals surface area contributed by atoms with Crippen LogP contribution in [-0.4, -0.2) is 11.1 Å². The van der Waals surface area contributed by atoms with Gasteiger partial charge < -0.3 is 9.88 Å². The molecule has 1 N–H and O–H groups in total. The van der Waals surface area contributed by atoms with Gasteiger partial charge in [-0.05, 0) is 25.1 Å². The lowest BCUT2D eigenvalue weighted by atomic mass is 10.2. The summed E-state index contributed by atoms with van der Waals surface area (Å²) in [6, 6.07) is 4.11. The number of nitrogens with zero attached hydrogens (tertiary/aromatic N) is 2. The van der Waals surface area contributed by atoms with Crippen LogP contribution in [0.4, 0.5) is 0 Å². The fourth-order valence-electron chi connectivity index (χ4n) is 1.31. The van der Waals surface area contributed by atoms with Crippen molar-refractivity contribution in [2.24, 2.45) is 7.05 Å². The fourth-order valence-corrected chi connectivity index (χ4v) is 1.31. The topological polar surface area (TPSA) is 40.8 Å². The molecule has 0 amide bonds. The molecular weight excluding hydrogens is 162 g/mol. The minimum Gasteiger partial charge on any atom is -0.340 e. The van der Waals surface area contributed by atoms with Crippen molar-refractivity contribution in [3.05, 3.63) is 23.0 Å². The van der Waals surface area contributed by atoms with Crippen molar-refractivity contribution in [2.45, 2.75) is 20.4 Å². The van der Waals surface area contributed by atoms with Crippen molar-refractivity contribution in [3.63, 3.8) is 0 Å². The Bertz CT molecular complexity index is 331. The number of aromatic nitrogens is 1. The predicted molar refractivity (Wildman–Crippen MR) is 52.2 cm³/mol. The van der Waals surface area contributed by atoms with E-state index in [2.05, 4.69) is 18.3 Å². The van der Waals surface area contributed by atoms with Gasteiger partial charge in [0.25, 0.3) is 0 Å². The van der Waals surface area contributed by atoms with Crippen LogP contribution in [0.5, 0.6) is 0 Å². The highest BCUT2D eigenvalue weighted by molar-refractivity contribution is 5.33. The van der Waals surface area contributed by atoms with Crippen LogP contribution in [0.1, 0.15) is 23.9 Å². The summed E-state index contributed by atoms with van der Waals surface area (Å²) in [5, 5.41) is 12.0. The number of hydrogen-bond acceptors (Lipinski definition) is 2.